The van der Waals surface area contributed by atoms with Gasteiger partial charge in [-0.3, -0.25) is 0 Å². The molecule has 2 rings (SSSR count). The van der Waals surface area contributed by atoms with Crippen molar-refractivity contribution in [2.45, 2.75) is 43.3 Å². The van der Waals surface area contributed by atoms with Crippen molar-refractivity contribution in [1.82, 2.24) is 10.3 Å². The van der Waals surface area contributed by atoms with Crippen LogP contribution in [0.2, 0.25) is 0 Å². The van der Waals surface area contributed by atoms with Gasteiger partial charge in [0.25, 0.3) is 0 Å². The topological polar surface area (TPSA) is 24.9 Å². The molecule has 0 fully saturated rings. The molecule has 1 N–H and O–H groups in total. The molecule has 0 spiro atoms. The van der Waals surface area contributed by atoms with E-state index in [0.29, 0.717) is 11.3 Å². The second-order valence-corrected chi connectivity index (χ2v) is 7.51. The van der Waals surface area contributed by atoms with Gasteiger partial charge in [-0.1, -0.05) is 55.4 Å². The average Bonchev–Trinajstić information content (AvgIpc) is 2.82. The van der Waals surface area contributed by atoms with Gasteiger partial charge in [0.2, 0.25) is 0 Å². The first-order valence-electron chi connectivity index (χ1n) is 6.99. The zero-order chi connectivity index (χ0) is 14.5. The molecule has 0 saturated heterocycles. The number of aromatic nitrogens is 1. The summed E-state index contributed by atoms with van der Waals surface area (Å²) in [5, 5.41) is 6.16. The zero-order valence-electron chi connectivity index (χ0n) is 12.5. The third kappa shape index (κ3) is 4.08. The zero-order valence-corrected chi connectivity index (χ0v) is 14.1. The summed E-state index contributed by atoms with van der Waals surface area (Å²) in [6.45, 7) is 9.58. The van der Waals surface area contributed by atoms with Gasteiger partial charge in [0.05, 0.1) is 0 Å². The number of hydrogen-bond acceptors (Lipinski definition) is 4. The standard InChI is InChI=1S/C16H22N2S2/c1-5-17-15(14-8-6-11(2)7-9-14)13(4)20-16-18-12(3)10-19-16/h6-10,13,15,17H,5H2,1-4H3. The first-order chi connectivity index (χ1) is 9.60. The molecule has 2 unspecified atom stereocenters. The Kier molecular flexibility index (Phi) is 5.64. The lowest BCUT2D eigenvalue weighted by molar-refractivity contribution is 0.548. The maximum absolute atomic E-state index is 4.55. The number of thioether (sulfide) groups is 1. The number of aryl methyl sites for hydroxylation is 2. The predicted molar refractivity (Wildman–Crippen MR) is 89.8 cm³/mol. The van der Waals surface area contributed by atoms with Gasteiger partial charge in [-0.25, -0.2) is 4.98 Å². The van der Waals surface area contributed by atoms with E-state index in [0.717, 1.165) is 16.6 Å². The van der Waals surface area contributed by atoms with Gasteiger partial charge in [0.1, 0.15) is 4.34 Å². The van der Waals surface area contributed by atoms with Crippen molar-refractivity contribution >= 4 is 23.1 Å². The van der Waals surface area contributed by atoms with E-state index in [1.165, 1.54) is 11.1 Å². The smallest absolute Gasteiger partial charge is 0.150 e. The first-order valence-corrected chi connectivity index (χ1v) is 8.74. The molecular weight excluding hydrogens is 284 g/mol. The Hall–Kier alpha value is -0.840. The summed E-state index contributed by atoms with van der Waals surface area (Å²) in [5.41, 5.74) is 3.77. The average molecular weight is 306 g/mol. The summed E-state index contributed by atoms with van der Waals surface area (Å²) in [4.78, 5) is 4.55. The van der Waals surface area contributed by atoms with E-state index in [4.69, 9.17) is 0 Å². The molecule has 1 aromatic carbocycles. The lowest BCUT2D eigenvalue weighted by atomic mass is 10.0. The van der Waals surface area contributed by atoms with E-state index in [1.807, 2.05) is 18.7 Å². The van der Waals surface area contributed by atoms with Crippen molar-refractivity contribution in [2.75, 3.05) is 6.54 Å². The molecule has 20 heavy (non-hydrogen) atoms. The highest BCUT2D eigenvalue weighted by Crippen LogP contribution is 2.33. The van der Waals surface area contributed by atoms with Crippen LogP contribution in [0.4, 0.5) is 0 Å². The largest absolute Gasteiger partial charge is 0.309 e. The third-order valence-electron chi connectivity index (χ3n) is 3.21. The molecule has 108 valence electrons. The number of benzene rings is 1. The van der Waals surface area contributed by atoms with E-state index >= 15 is 0 Å². The van der Waals surface area contributed by atoms with Gasteiger partial charge in [0.15, 0.2) is 0 Å². The van der Waals surface area contributed by atoms with E-state index in [1.54, 1.807) is 11.3 Å². The summed E-state index contributed by atoms with van der Waals surface area (Å²) in [5.74, 6) is 0. The lowest BCUT2D eigenvalue weighted by Crippen LogP contribution is -2.28. The molecular formula is C16H22N2S2. The molecule has 0 aliphatic rings. The molecule has 0 radical (unpaired) electrons. The molecule has 4 heteroatoms. The van der Waals surface area contributed by atoms with Crippen LogP contribution in [-0.4, -0.2) is 16.8 Å². The quantitative estimate of drug-likeness (QED) is 0.790. The molecule has 0 aliphatic carbocycles. The monoisotopic (exact) mass is 306 g/mol. The number of nitrogens with zero attached hydrogens (tertiary/aromatic N) is 1. The molecule has 2 aromatic rings. The van der Waals surface area contributed by atoms with Crippen molar-refractivity contribution in [1.29, 1.82) is 0 Å². The van der Waals surface area contributed by atoms with Crippen molar-refractivity contribution in [3.8, 4) is 0 Å². The highest BCUT2D eigenvalue weighted by Gasteiger charge is 2.20. The summed E-state index contributed by atoms with van der Waals surface area (Å²) in [6, 6.07) is 9.18. The minimum absolute atomic E-state index is 0.356. The van der Waals surface area contributed by atoms with E-state index in [-0.39, 0.29) is 0 Å². The summed E-state index contributed by atoms with van der Waals surface area (Å²) in [6.07, 6.45) is 0. The number of hydrogen-bond donors (Lipinski definition) is 1. The van der Waals surface area contributed by atoms with E-state index in [9.17, 15) is 0 Å². The normalized spacial score (nSPS) is 14.2. The van der Waals surface area contributed by atoms with Gasteiger partial charge in [-0.05, 0) is 26.0 Å². The second-order valence-electron chi connectivity index (χ2n) is 5.02. The molecule has 2 nitrogen and oxygen atoms in total. The Labute approximate surface area is 130 Å². The van der Waals surface area contributed by atoms with Crippen LogP contribution >= 0.6 is 23.1 Å². The lowest BCUT2D eigenvalue weighted by Gasteiger charge is -2.24. The minimum atomic E-state index is 0.356. The Morgan fingerprint density at radius 2 is 1.95 bits per heavy atom. The number of nitrogens with one attached hydrogen (secondary N) is 1. The van der Waals surface area contributed by atoms with Crippen LogP contribution in [0.3, 0.4) is 0 Å². The fourth-order valence-electron chi connectivity index (χ4n) is 2.16. The van der Waals surface area contributed by atoms with Gasteiger partial charge in [-0.2, -0.15) is 0 Å². The first kappa shape index (κ1) is 15.5. The van der Waals surface area contributed by atoms with Crippen molar-refractivity contribution in [2.24, 2.45) is 0 Å². The molecule has 0 amide bonds. The molecule has 0 saturated carbocycles. The van der Waals surface area contributed by atoms with Gasteiger partial charge in [0, 0.05) is 22.4 Å². The van der Waals surface area contributed by atoms with Crippen molar-refractivity contribution < 1.29 is 0 Å². The number of thiazole rings is 1. The van der Waals surface area contributed by atoms with E-state index in [2.05, 4.69) is 60.7 Å². The van der Waals surface area contributed by atoms with Crippen LogP contribution in [-0.2, 0) is 0 Å². The van der Waals surface area contributed by atoms with E-state index < -0.39 is 0 Å². The Morgan fingerprint density at radius 3 is 2.50 bits per heavy atom. The summed E-state index contributed by atoms with van der Waals surface area (Å²) in [7, 11) is 0. The van der Waals surface area contributed by atoms with Crippen molar-refractivity contribution in [3.05, 3.63) is 46.5 Å². The Balaban J connectivity index is 2.12. The molecule has 1 aromatic heterocycles. The maximum atomic E-state index is 4.55. The summed E-state index contributed by atoms with van der Waals surface area (Å²) >= 11 is 3.59. The molecule has 1 heterocycles. The van der Waals surface area contributed by atoms with Crippen LogP contribution in [0.1, 0.15) is 36.7 Å². The molecule has 2 atom stereocenters. The van der Waals surface area contributed by atoms with Crippen LogP contribution in [0.15, 0.2) is 34.0 Å². The van der Waals surface area contributed by atoms with Crippen LogP contribution in [0.25, 0.3) is 0 Å². The predicted octanol–water partition coefficient (Wildman–Crippen LogP) is 4.59. The minimum Gasteiger partial charge on any atom is -0.309 e. The van der Waals surface area contributed by atoms with Crippen LogP contribution in [0, 0.1) is 13.8 Å². The highest BCUT2D eigenvalue weighted by molar-refractivity contribution is 8.01. The van der Waals surface area contributed by atoms with Crippen LogP contribution < -0.4 is 5.32 Å². The second kappa shape index (κ2) is 7.25. The van der Waals surface area contributed by atoms with Gasteiger partial charge >= 0.3 is 0 Å². The molecule has 0 bridgehead atoms. The fraction of sp³-hybridized carbons (Fsp3) is 0.438. The number of rotatable bonds is 6. The Morgan fingerprint density at radius 1 is 1.25 bits per heavy atom. The maximum Gasteiger partial charge on any atom is 0.150 e. The fourth-order valence-corrected chi connectivity index (χ4v) is 4.41. The molecule has 0 aliphatic heterocycles. The van der Waals surface area contributed by atoms with Gasteiger partial charge in [-0.15, -0.1) is 11.3 Å². The van der Waals surface area contributed by atoms with Crippen LogP contribution in [0.5, 0.6) is 0 Å². The van der Waals surface area contributed by atoms with Crippen molar-refractivity contribution in [3.63, 3.8) is 0 Å². The summed E-state index contributed by atoms with van der Waals surface area (Å²) < 4.78 is 1.16. The third-order valence-corrected chi connectivity index (χ3v) is 5.48. The highest BCUT2D eigenvalue weighted by atomic mass is 32.2. The SMILES string of the molecule is CCNC(c1ccc(C)cc1)C(C)Sc1nc(C)cs1. The Bertz CT molecular complexity index is 534. The van der Waals surface area contributed by atoms with Gasteiger partial charge < -0.3 is 5.32 Å².